The van der Waals surface area contributed by atoms with Gasteiger partial charge in [-0.05, 0) is 23.6 Å². The van der Waals surface area contributed by atoms with E-state index in [-0.39, 0.29) is 0 Å². The number of ether oxygens (including phenoxy) is 1. The maximum atomic E-state index is 4.86. The highest BCUT2D eigenvalue weighted by Crippen LogP contribution is 2.19. The predicted molar refractivity (Wildman–Crippen MR) is 46.5 cm³/mol. The molecule has 0 amide bonds. The van der Waals surface area contributed by atoms with Gasteiger partial charge in [-0.1, -0.05) is 26.0 Å². The average Bonchev–Trinajstić information content (AvgIpc) is 2.05. The molecule has 11 heavy (non-hydrogen) atoms. The van der Waals surface area contributed by atoms with E-state index in [1.807, 2.05) is 18.2 Å². The number of rotatable bonds is 2. The van der Waals surface area contributed by atoms with Gasteiger partial charge >= 0.3 is 0 Å². The molecule has 0 N–H and O–H groups in total. The van der Waals surface area contributed by atoms with Crippen molar-refractivity contribution in [3.05, 3.63) is 36.9 Å². The highest BCUT2D eigenvalue weighted by Gasteiger charge is 1.98. The van der Waals surface area contributed by atoms with Crippen LogP contribution in [0.1, 0.15) is 25.3 Å². The van der Waals surface area contributed by atoms with Gasteiger partial charge in [0.2, 0.25) is 0 Å². The molecule has 0 aliphatic heterocycles. The van der Waals surface area contributed by atoms with E-state index < -0.39 is 0 Å². The minimum Gasteiger partial charge on any atom is -0.490 e. The molecular formula is C10H13O. The third-order valence-electron chi connectivity index (χ3n) is 1.69. The zero-order valence-corrected chi connectivity index (χ0v) is 7.00. The van der Waals surface area contributed by atoms with Gasteiger partial charge in [0.1, 0.15) is 12.9 Å². The molecule has 1 aromatic carbocycles. The molecule has 0 heterocycles. The minimum atomic E-state index is 0.546. The Morgan fingerprint density at radius 1 is 1.36 bits per heavy atom. The standard InChI is InChI=1S/C10H13O/c1-8(2)9-5-4-6-10(7-9)11-3/h4-8H,3H2,1-2H3. The number of hydrogen-bond donors (Lipinski definition) is 0. The Morgan fingerprint density at radius 2 is 2.09 bits per heavy atom. The van der Waals surface area contributed by atoms with Crippen molar-refractivity contribution in [1.82, 2.24) is 0 Å². The molecule has 1 nitrogen and oxygen atoms in total. The van der Waals surface area contributed by atoms with Crippen LogP contribution in [0.4, 0.5) is 0 Å². The second kappa shape index (κ2) is 3.42. The summed E-state index contributed by atoms with van der Waals surface area (Å²) in [6.07, 6.45) is 0. The SMILES string of the molecule is [CH2]Oc1cccc(C(C)C)c1. The maximum absolute atomic E-state index is 4.86. The van der Waals surface area contributed by atoms with E-state index in [0.717, 1.165) is 5.75 Å². The van der Waals surface area contributed by atoms with Gasteiger partial charge < -0.3 is 4.74 Å². The highest BCUT2D eigenvalue weighted by molar-refractivity contribution is 5.30. The maximum Gasteiger partial charge on any atom is 0.122 e. The lowest BCUT2D eigenvalue weighted by atomic mass is 10.0. The molecular weight excluding hydrogens is 136 g/mol. The van der Waals surface area contributed by atoms with Crippen LogP contribution in [0.25, 0.3) is 0 Å². The Morgan fingerprint density at radius 3 is 2.64 bits per heavy atom. The summed E-state index contributed by atoms with van der Waals surface area (Å²) in [6.45, 7) is 4.31. The molecule has 1 heteroatoms. The largest absolute Gasteiger partial charge is 0.490 e. The molecule has 1 rings (SSSR count). The van der Waals surface area contributed by atoms with Crippen LogP contribution in [0.15, 0.2) is 24.3 Å². The summed E-state index contributed by atoms with van der Waals surface area (Å²) in [5, 5.41) is 0. The summed E-state index contributed by atoms with van der Waals surface area (Å²) in [6, 6.07) is 7.99. The van der Waals surface area contributed by atoms with Crippen molar-refractivity contribution in [2.45, 2.75) is 19.8 Å². The molecule has 0 spiro atoms. The number of hydrogen-bond acceptors (Lipinski definition) is 1. The quantitative estimate of drug-likeness (QED) is 0.628. The summed E-state index contributed by atoms with van der Waals surface area (Å²) < 4.78 is 4.86. The van der Waals surface area contributed by atoms with Crippen molar-refractivity contribution < 1.29 is 4.74 Å². The third kappa shape index (κ3) is 1.97. The lowest BCUT2D eigenvalue weighted by molar-refractivity contribution is 0.472. The van der Waals surface area contributed by atoms with E-state index in [4.69, 9.17) is 4.74 Å². The second-order valence-electron chi connectivity index (χ2n) is 2.87. The Bertz CT molecular complexity index is 228. The van der Waals surface area contributed by atoms with Crippen LogP contribution >= 0.6 is 0 Å². The van der Waals surface area contributed by atoms with E-state index in [9.17, 15) is 0 Å². The van der Waals surface area contributed by atoms with Crippen LogP contribution in [-0.2, 0) is 0 Å². The Balaban J connectivity index is 2.91. The van der Waals surface area contributed by atoms with Gasteiger partial charge in [-0.25, -0.2) is 0 Å². The van der Waals surface area contributed by atoms with Gasteiger partial charge in [0.25, 0.3) is 0 Å². The summed E-state index contributed by atoms with van der Waals surface area (Å²) >= 11 is 0. The van der Waals surface area contributed by atoms with Gasteiger partial charge in [-0.15, -0.1) is 0 Å². The van der Waals surface area contributed by atoms with Crippen molar-refractivity contribution in [2.75, 3.05) is 0 Å². The fraction of sp³-hybridized carbons (Fsp3) is 0.300. The molecule has 0 aliphatic rings. The van der Waals surface area contributed by atoms with Gasteiger partial charge in [0, 0.05) is 0 Å². The molecule has 1 radical (unpaired) electrons. The fourth-order valence-corrected chi connectivity index (χ4v) is 0.963. The van der Waals surface area contributed by atoms with E-state index >= 15 is 0 Å². The lowest BCUT2D eigenvalue weighted by Gasteiger charge is -2.06. The molecule has 0 aliphatic carbocycles. The molecule has 0 aromatic heterocycles. The van der Waals surface area contributed by atoms with Crippen molar-refractivity contribution in [3.63, 3.8) is 0 Å². The summed E-state index contributed by atoms with van der Waals surface area (Å²) in [4.78, 5) is 0. The minimum absolute atomic E-state index is 0.546. The van der Waals surface area contributed by atoms with Crippen LogP contribution in [-0.4, -0.2) is 0 Å². The van der Waals surface area contributed by atoms with Crippen LogP contribution in [0, 0.1) is 7.11 Å². The summed E-state index contributed by atoms with van der Waals surface area (Å²) in [5.74, 6) is 1.38. The van der Waals surface area contributed by atoms with Crippen molar-refractivity contribution in [1.29, 1.82) is 0 Å². The smallest absolute Gasteiger partial charge is 0.122 e. The summed E-state index contributed by atoms with van der Waals surface area (Å²) in [7, 11) is 3.36. The molecule has 0 saturated carbocycles. The van der Waals surface area contributed by atoms with E-state index in [0.29, 0.717) is 5.92 Å². The second-order valence-corrected chi connectivity index (χ2v) is 2.87. The zero-order valence-electron chi connectivity index (χ0n) is 7.00. The molecule has 0 atom stereocenters. The van der Waals surface area contributed by atoms with Crippen LogP contribution in [0.3, 0.4) is 0 Å². The molecule has 0 saturated heterocycles. The summed E-state index contributed by atoms with van der Waals surface area (Å²) in [5.41, 5.74) is 1.28. The van der Waals surface area contributed by atoms with E-state index in [1.165, 1.54) is 5.56 Å². The zero-order chi connectivity index (χ0) is 8.27. The van der Waals surface area contributed by atoms with Crippen molar-refractivity contribution >= 4 is 0 Å². The lowest BCUT2D eigenvalue weighted by Crippen LogP contribution is -1.87. The molecule has 0 fully saturated rings. The number of benzene rings is 1. The highest BCUT2D eigenvalue weighted by atomic mass is 16.5. The van der Waals surface area contributed by atoms with E-state index in [2.05, 4.69) is 27.0 Å². The van der Waals surface area contributed by atoms with Gasteiger partial charge in [0.05, 0.1) is 0 Å². The molecule has 0 bridgehead atoms. The van der Waals surface area contributed by atoms with Gasteiger partial charge in [0.15, 0.2) is 0 Å². The molecule has 1 aromatic rings. The van der Waals surface area contributed by atoms with E-state index in [1.54, 1.807) is 0 Å². The first-order valence-electron chi connectivity index (χ1n) is 3.76. The van der Waals surface area contributed by atoms with Crippen LogP contribution in [0.5, 0.6) is 5.75 Å². The van der Waals surface area contributed by atoms with Crippen molar-refractivity contribution in [2.24, 2.45) is 0 Å². The Hall–Kier alpha value is -0.980. The van der Waals surface area contributed by atoms with Crippen LogP contribution in [0.2, 0.25) is 0 Å². The Kier molecular flexibility index (Phi) is 2.53. The molecule has 59 valence electrons. The van der Waals surface area contributed by atoms with Gasteiger partial charge in [-0.2, -0.15) is 0 Å². The third-order valence-corrected chi connectivity index (χ3v) is 1.69. The predicted octanol–water partition coefficient (Wildman–Crippen LogP) is 2.98. The normalized spacial score (nSPS) is 10.2. The topological polar surface area (TPSA) is 9.23 Å². The van der Waals surface area contributed by atoms with Crippen LogP contribution < -0.4 is 4.74 Å². The van der Waals surface area contributed by atoms with Gasteiger partial charge in [-0.3, -0.25) is 0 Å². The first kappa shape index (κ1) is 8.12. The Labute approximate surface area is 68.0 Å². The first-order valence-corrected chi connectivity index (χ1v) is 3.76. The monoisotopic (exact) mass is 149 g/mol. The fourth-order valence-electron chi connectivity index (χ4n) is 0.963. The average molecular weight is 149 g/mol. The first-order chi connectivity index (χ1) is 5.24. The molecule has 0 unspecified atom stereocenters. The van der Waals surface area contributed by atoms with Crippen molar-refractivity contribution in [3.8, 4) is 5.75 Å².